The van der Waals surface area contributed by atoms with Crippen molar-refractivity contribution in [2.45, 2.75) is 6.92 Å². The topological polar surface area (TPSA) is 80.6 Å². The molecular formula is C15H20N2O5. The number of ether oxygens (including phenoxy) is 3. The monoisotopic (exact) mass is 308 g/mol. The van der Waals surface area contributed by atoms with Crippen LogP contribution in [0.1, 0.15) is 12.5 Å². The molecule has 1 amide bonds. The fourth-order valence-electron chi connectivity index (χ4n) is 2.10. The minimum Gasteiger partial charge on any atom is -0.490 e. The largest absolute Gasteiger partial charge is 0.490 e. The molecule has 0 aromatic heterocycles. The molecule has 2 rings (SSSR count). The molecule has 1 heterocycles. The zero-order valence-electron chi connectivity index (χ0n) is 12.5. The lowest BCUT2D eigenvalue weighted by Crippen LogP contribution is -2.43. The number of hydrogen-bond acceptors (Lipinski definition) is 6. The van der Waals surface area contributed by atoms with Gasteiger partial charge in [-0.3, -0.25) is 4.79 Å². The Morgan fingerprint density at radius 3 is 2.82 bits per heavy atom. The van der Waals surface area contributed by atoms with Crippen LogP contribution >= 0.6 is 0 Å². The van der Waals surface area contributed by atoms with E-state index in [-0.39, 0.29) is 12.5 Å². The molecule has 1 aliphatic rings. The van der Waals surface area contributed by atoms with Gasteiger partial charge >= 0.3 is 0 Å². The molecule has 1 aromatic rings. The summed E-state index contributed by atoms with van der Waals surface area (Å²) in [5.74, 6) is 0.917. The average molecular weight is 308 g/mol. The van der Waals surface area contributed by atoms with E-state index in [1.807, 2.05) is 6.92 Å². The number of oxime groups is 1. The van der Waals surface area contributed by atoms with E-state index < -0.39 is 0 Å². The Morgan fingerprint density at radius 2 is 2.14 bits per heavy atom. The van der Waals surface area contributed by atoms with E-state index in [1.54, 1.807) is 23.1 Å². The van der Waals surface area contributed by atoms with E-state index >= 15 is 0 Å². The molecule has 1 N–H and O–H groups in total. The number of carbonyl (C=O) groups excluding carboxylic acids is 1. The van der Waals surface area contributed by atoms with Crippen molar-refractivity contribution in [3.05, 3.63) is 23.8 Å². The maximum Gasteiger partial charge on any atom is 0.260 e. The number of nitrogens with zero attached hydrogens (tertiary/aromatic N) is 2. The van der Waals surface area contributed by atoms with Crippen LogP contribution in [0.25, 0.3) is 0 Å². The first-order valence-corrected chi connectivity index (χ1v) is 7.17. The zero-order chi connectivity index (χ0) is 15.8. The number of hydrogen-bond donors (Lipinski definition) is 1. The van der Waals surface area contributed by atoms with Gasteiger partial charge in [-0.15, -0.1) is 0 Å². The number of amides is 1. The van der Waals surface area contributed by atoms with Crippen LogP contribution in [-0.4, -0.2) is 61.7 Å². The average Bonchev–Trinajstić information content (AvgIpc) is 2.55. The Balaban J connectivity index is 2.00. The number of rotatable bonds is 6. The molecule has 0 radical (unpaired) electrons. The van der Waals surface area contributed by atoms with Gasteiger partial charge < -0.3 is 24.3 Å². The standard InChI is InChI=1S/C15H20N2O5/c1-2-21-14-9-12(10-16-19)3-4-13(14)22-11-15(18)17-5-7-20-8-6-17/h3-4,9-10,19H,2,5-8,11H2,1H3/b16-10-. The first-order valence-electron chi connectivity index (χ1n) is 7.17. The lowest BCUT2D eigenvalue weighted by atomic mass is 10.2. The molecule has 1 aromatic carbocycles. The van der Waals surface area contributed by atoms with Gasteiger partial charge in [0.25, 0.3) is 5.91 Å². The minimum atomic E-state index is -0.0771. The van der Waals surface area contributed by atoms with Crippen molar-refractivity contribution in [1.82, 2.24) is 4.90 Å². The molecule has 22 heavy (non-hydrogen) atoms. The van der Waals surface area contributed by atoms with Crippen molar-refractivity contribution in [3.8, 4) is 11.5 Å². The van der Waals surface area contributed by atoms with Gasteiger partial charge in [-0.25, -0.2) is 0 Å². The number of morpholine rings is 1. The highest BCUT2D eigenvalue weighted by atomic mass is 16.5. The van der Waals surface area contributed by atoms with Crippen molar-refractivity contribution in [2.24, 2.45) is 5.16 Å². The van der Waals surface area contributed by atoms with Crippen molar-refractivity contribution in [2.75, 3.05) is 39.5 Å². The van der Waals surface area contributed by atoms with Crippen LogP contribution in [-0.2, 0) is 9.53 Å². The quantitative estimate of drug-likeness (QED) is 0.484. The second-order valence-electron chi connectivity index (χ2n) is 4.67. The highest BCUT2D eigenvalue weighted by Gasteiger charge is 2.18. The Bertz CT molecular complexity index is 527. The molecule has 120 valence electrons. The molecule has 1 fully saturated rings. The van der Waals surface area contributed by atoms with Crippen molar-refractivity contribution < 1.29 is 24.2 Å². The van der Waals surface area contributed by atoms with Crippen LogP contribution in [0.5, 0.6) is 11.5 Å². The molecule has 7 heteroatoms. The predicted octanol–water partition coefficient (Wildman–Crippen LogP) is 1.13. The minimum absolute atomic E-state index is 0.0481. The predicted molar refractivity (Wildman–Crippen MR) is 79.9 cm³/mol. The zero-order valence-corrected chi connectivity index (χ0v) is 12.5. The maximum atomic E-state index is 12.1. The van der Waals surface area contributed by atoms with Gasteiger partial charge in [0, 0.05) is 18.7 Å². The molecule has 0 atom stereocenters. The summed E-state index contributed by atoms with van der Waals surface area (Å²) in [7, 11) is 0. The van der Waals surface area contributed by atoms with E-state index in [4.69, 9.17) is 19.4 Å². The third kappa shape index (κ3) is 4.36. The third-order valence-electron chi connectivity index (χ3n) is 3.19. The summed E-state index contributed by atoms with van der Waals surface area (Å²) in [6.07, 6.45) is 1.30. The highest BCUT2D eigenvalue weighted by molar-refractivity contribution is 5.81. The van der Waals surface area contributed by atoms with E-state index in [1.165, 1.54) is 6.21 Å². The van der Waals surface area contributed by atoms with Gasteiger partial charge in [0.2, 0.25) is 0 Å². The fraction of sp³-hybridized carbons (Fsp3) is 0.467. The molecule has 1 aliphatic heterocycles. The van der Waals surface area contributed by atoms with Crippen LogP contribution in [0.2, 0.25) is 0 Å². The second kappa shape index (κ2) is 8.23. The summed E-state index contributed by atoms with van der Waals surface area (Å²) in [4.78, 5) is 13.8. The molecule has 0 saturated carbocycles. The molecule has 0 bridgehead atoms. The van der Waals surface area contributed by atoms with Crippen LogP contribution in [0.15, 0.2) is 23.4 Å². The van der Waals surface area contributed by atoms with Gasteiger partial charge in [0.15, 0.2) is 18.1 Å². The number of carbonyl (C=O) groups is 1. The Hall–Kier alpha value is -2.28. The second-order valence-corrected chi connectivity index (χ2v) is 4.67. The van der Waals surface area contributed by atoms with Gasteiger partial charge in [-0.1, -0.05) is 5.16 Å². The van der Waals surface area contributed by atoms with Gasteiger partial charge in [0.1, 0.15) is 0 Å². The fourth-order valence-corrected chi connectivity index (χ4v) is 2.10. The van der Waals surface area contributed by atoms with Crippen LogP contribution in [0.4, 0.5) is 0 Å². The van der Waals surface area contributed by atoms with E-state index in [0.29, 0.717) is 50.0 Å². The molecule has 1 saturated heterocycles. The smallest absolute Gasteiger partial charge is 0.260 e. The normalized spacial score (nSPS) is 15.0. The Labute approximate surface area is 129 Å². The van der Waals surface area contributed by atoms with Gasteiger partial charge in [0.05, 0.1) is 26.0 Å². The van der Waals surface area contributed by atoms with E-state index in [9.17, 15) is 4.79 Å². The lowest BCUT2D eigenvalue weighted by molar-refractivity contribution is -0.137. The summed E-state index contributed by atoms with van der Waals surface area (Å²) < 4.78 is 16.3. The van der Waals surface area contributed by atoms with E-state index in [0.717, 1.165) is 0 Å². The van der Waals surface area contributed by atoms with Gasteiger partial charge in [-0.2, -0.15) is 0 Å². The Morgan fingerprint density at radius 1 is 1.36 bits per heavy atom. The third-order valence-corrected chi connectivity index (χ3v) is 3.19. The molecular weight excluding hydrogens is 288 g/mol. The molecule has 0 aliphatic carbocycles. The molecule has 7 nitrogen and oxygen atoms in total. The summed E-state index contributed by atoms with van der Waals surface area (Å²) in [6, 6.07) is 5.10. The van der Waals surface area contributed by atoms with Crippen molar-refractivity contribution in [1.29, 1.82) is 0 Å². The molecule has 0 unspecified atom stereocenters. The first kappa shape index (κ1) is 16.1. The summed E-state index contributed by atoms with van der Waals surface area (Å²) >= 11 is 0. The highest BCUT2D eigenvalue weighted by Crippen LogP contribution is 2.28. The summed E-state index contributed by atoms with van der Waals surface area (Å²) in [5, 5.41) is 11.5. The maximum absolute atomic E-state index is 12.1. The Kier molecular flexibility index (Phi) is 6.02. The summed E-state index contributed by atoms with van der Waals surface area (Å²) in [6.45, 7) is 4.57. The SMILES string of the molecule is CCOc1cc(/C=N\O)ccc1OCC(=O)N1CCOCC1. The number of benzene rings is 1. The van der Waals surface area contributed by atoms with Crippen LogP contribution in [0.3, 0.4) is 0 Å². The van der Waals surface area contributed by atoms with Gasteiger partial charge in [-0.05, 0) is 25.1 Å². The summed E-state index contributed by atoms with van der Waals surface area (Å²) in [5.41, 5.74) is 0.679. The van der Waals surface area contributed by atoms with Crippen LogP contribution in [0, 0.1) is 0 Å². The molecule has 0 spiro atoms. The lowest BCUT2D eigenvalue weighted by Gasteiger charge is -2.26. The van der Waals surface area contributed by atoms with Crippen molar-refractivity contribution in [3.63, 3.8) is 0 Å². The van der Waals surface area contributed by atoms with Crippen molar-refractivity contribution >= 4 is 12.1 Å². The first-order chi connectivity index (χ1) is 10.7. The van der Waals surface area contributed by atoms with Crippen LogP contribution < -0.4 is 9.47 Å². The van der Waals surface area contributed by atoms with E-state index in [2.05, 4.69) is 5.16 Å².